The minimum atomic E-state index is -1.56. The van der Waals surface area contributed by atoms with Gasteiger partial charge in [0.05, 0.1) is 0 Å². The second kappa shape index (κ2) is 12.5. The Morgan fingerprint density at radius 3 is 2.58 bits per heavy atom. The van der Waals surface area contributed by atoms with Crippen LogP contribution in [0.15, 0.2) is 41.0 Å². The zero-order valence-electron chi connectivity index (χ0n) is 23.0. The molecule has 3 aliphatic rings. The first-order valence-corrected chi connectivity index (χ1v) is 15.1. The highest BCUT2D eigenvalue weighted by atomic mass is 32.2. The van der Waals surface area contributed by atoms with Gasteiger partial charge in [-0.25, -0.2) is 14.2 Å². The van der Waals surface area contributed by atoms with E-state index in [1.807, 2.05) is 36.1 Å². The number of amides is 2. The highest BCUT2D eigenvalue weighted by Crippen LogP contribution is 2.40. The maximum atomic E-state index is 13.3. The number of oxime groups is 1. The van der Waals surface area contributed by atoms with Gasteiger partial charge in [-0.1, -0.05) is 5.16 Å². The van der Waals surface area contributed by atoms with Crippen LogP contribution in [-0.2, 0) is 30.6 Å². The Bertz CT molecular complexity index is 1490. The lowest BCUT2D eigenvalue weighted by molar-refractivity contribution is -0.688. The van der Waals surface area contributed by atoms with E-state index in [1.54, 1.807) is 0 Å². The van der Waals surface area contributed by atoms with E-state index in [1.165, 1.54) is 16.7 Å². The van der Waals surface area contributed by atoms with Gasteiger partial charge in [0.1, 0.15) is 17.1 Å². The van der Waals surface area contributed by atoms with Crippen LogP contribution in [0.1, 0.15) is 25.1 Å². The van der Waals surface area contributed by atoms with Crippen molar-refractivity contribution >= 4 is 63.6 Å². The molecule has 2 fully saturated rings. The summed E-state index contributed by atoms with van der Waals surface area (Å²) in [7, 11) is 1.87. The zero-order valence-corrected chi connectivity index (χ0v) is 24.6. The number of nitrogens with two attached hydrogens (primary N) is 1. The monoisotopic (exact) mass is 632 g/mol. The van der Waals surface area contributed by atoms with Crippen LogP contribution in [0.3, 0.4) is 0 Å². The first-order valence-electron chi connectivity index (χ1n) is 13.3. The molecule has 0 radical (unpaired) electrons. The number of hydrogen-bond donors (Lipinski definition) is 6. The third-order valence-electron chi connectivity index (χ3n) is 7.24. The topological polar surface area (TPSA) is 225 Å². The zero-order chi connectivity index (χ0) is 30.7. The number of carboxylic acid groups (broad SMARTS) is 2. The number of rotatable bonds is 13. The van der Waals surface area contributed by atoms with Crippen LogP contribution in [-0.4, -0.2) is 96.8 Å². The normalized spacial score (nSPS) is 20.9. The molecule has 7 N–H and O–H groups in total. The number of fused-ring (bicyclic) bond motifs is 1. The molecule has 18 heteroatoms. The Balaban J connectivity index is 1.30. The molecule has 16 nitrogen and oxygen atoms in total. The fourth-order valence-corrected chi connectivity index (χ4v) is 6.51. The lowest BCUT2D eigenvalue weighted by atomic mass is 9.80. The summed E-state index contributed by atoms with van der Waals surface area (Å²) in [6, 6.07) is 2.70. The molecule has 2 aromatic rings. The number of thioether (sulfide) groups is 1. The molecule has 1 aliphatic carbocycles. The molecule has 2 aromatic heterocycles. The summed E-state index contributed by atoms with van der Waals surface area (Å²) in [6.07, 6.45) is 4.70. The summed E-state index contributed by atoms with van der Waals surface area (Å²) < 4.78 is 5.81. The highest BCUT2D eigenvalue weighted by molar-refractivity contribution is 8.00. The largest absolute Gasteiger partial charge is 0.478 e. The summed E-state index contributed by atoms with van der Waals surface area (Å²) in [5.74, 6) is -3.83. The third-order valence-corrected chi connectivity index (χ3v) is 9.12. The molecule has 43 heavy (non-hydrogen) atoms. The van der Waals surface area contributed by atoms with Gasteiger partial charge in [-0.15, -0.1) is 11.8 Å². The van der Waals surface area contributed by atoms with Gasteiger partial charge >= 0.3 is 11.9 Å². The summed E-state index contributed by atoms with van der Waals surface area (Å²) in [6.45, 7) is 1.81. The van der Waals surface area contributed by atoms with E-state index < -0.39 is 46.5 Å². The molecule has 2 aliphatic heterocycles. The van der Waals surface area contributed by atoms with Gasteiger partial charge in [-0.05, 0) is 13.5 Å². The van der Waals surface area contributed by atoms with Crippen LogP contribution in [0.5, 0.6) is 0 Å². The molecular weight excluding hydrogens is 602 g/mol. The van der Waals surface area contributed by atoms with Crippen molar-refractivity contribution in [1.29, 1.82) is 0 Å². The minimum Gasteiger partial charge on any atom is -0.478 e. The molecule has 0 spiro atoms. The molecule has 2 amide bonds. The number of hydrogen-bond acceptors (Lipinski definition) is 13. The minimum absolute atomic E-state index is 0.0437. The average Bonchev–Trinajstić information content (AvgIpc) is 3.39. The van der Waals surface area contributed by atoms with E-state index in [0.29, 0.717) is 17.7 Å². The van der Waals surface area contributed by atoms with Gasteiger partial charge in [0.15, 0.2) is 24.1 Å². The number of anilines is 2. The molecule has 228 valence electrons. The number of carboxylic acids is 2. The molecule has 2 unspecified atom stereocenters. The van der Waals surface area contributed by atoms with Gasteiger partial charge < -0.3 is 36.7 Å². The maximum absolute atomic E-state index is 13.3. The SMILES string of the molecule is CNCCNc1cc[n+](CC2=C(C(=O)O)N3C(=O)C(NC(=O)C(=NOC4(C(=O)O)CCC4)c4nsc(N)n4)C3SC2)cc1. The Labute approximate surface area is 253 Å². The average molecular weight is 633 g/mol. The highest BCUT2D eigenvalue weighted by Gasteiger charge is 2.55. The number of carbonyl (C=O) groups is 4. The molecule has 2 atom stereocenters. The number of aliphatic carboxylic acids is 2. The van der Waals surface area contributed by atoms with Gasteiger partial charge in [-0.3, -0.25) is 14.5 Å². The summed E-state index contributed by atoms with van der Waals surface area (Å²) in [4.78, 5) is 60.9. The van der Waals surface area contributed by atoms with Crippen molar-refractivity contribution < 1.29 is 38.8 Å². The quantitative estimate of drug-likeness (QED) is 0.0524. The van der Waals surface area contributed by atoms with E-state index in [2.05, 4.69) is 30.5 Å². The fraction of sp³-hybridized carbons (Fsp3) is 0.440. The van der Waals surface area contributed by atoms with E-state index in [0.717, 1.165) is 30.3 Å². The van der Waals surface area contributed by atoms with Crippen molar-refractivity contribution in [3.8, 4) is 0 Å². The van der Waals surface area contributed by atoms with Crippen molar-refractivity contribution in [2.45, 2.75) is 42.8 Å². The van der Waals surface area contributed by atoms with Crippen LogP contribution in [0, 0.1) is 0 Å². The molecule has 1 saturated heterocycles. The lowest BCUT2D eigenvalue weighted by Gasteiger charge is -2.49. The number of carbonyl (C=O) groups excluding carboxylic acids is 2. The first kappa shape index (κ1) is 30.2. The van der Waals surface area contributed by atoms with Crippen molar-refractivity contribution in [1.82, 2.24) is 24.9 Å². The van der Waals surface area contributed by atoms with E-state index in [9.17, 15) is 29.4 Å². The molecule has 1 saturated carbocycles. The molecule has 0 bridgehead atoms. The number of aromatic nitrogens is 3. The molecule has 4 heterocycles. The second-order valence-electron chi connectivity index (χ2n) is 10.0. The number of nitrogens with one attached hydrogen (secondary N) is 3. The van der Waals surface area contributed by atoms with Crippen LogP contribution in [0.2, 0.25) is 0 Å². The van der Waals surface area contributed by atoms with Crippen LogP contribution in [0.4, 0.5) is 10.8 Å². The number of pyridine rings is 1. The van der Waals surface area contributed by atoms with Crippen molar-refractivity contribution in [3.05, 3.63) is 41.6 Å². The molecule has 0 aromatic carbocycles. The summed E-state index contributed by atoms with van der Waals surface area (Å²) >= 11 is 2.12. The predicted molar refractivity (Wildman–Crippen MR) is 155 cm³/mol. The van der Waals surface area contributed by atoms with Gasteiger partial charge in [0.25, 0.3) is 11.8 Å². The van der Waals surface area contributed by atoms with Gasteiger partial charge in [0.2, 0.25) is 17.1 Å². The standard InChI is InChI=1S/C25H29N9O7S2/c1-27-7-8-28-14-3-9-33(10-4-14)11-13-12-42-21-16(20(36)34(21)17(13)22(37)38)29-19(35)15(18-30-24(26)43-32-18)31-41-25(23(39)40)5-2-6-25/h3-4,9-10,16,21,27H,2,5-8,11-12H2,1H3,(H5,26,29,30,32,35,37,38,39,40)/p+1. The van der Waals surface area contributed by atoms with Gasteiger partial charge in [-0.2, -0.15) is 9.36 Å². The smallest absolute Gasteiger partial charge is 0.352 e. The van der Waals surface area contributed by atoms with E-state index in [-0.39, 0.29) is 36.0 Å². The Morgan fingerprint density at radius 1 is 1.26 bits per heavy atom. The Morgan fingerprint density at radius 2 is 2.00 bits per heavy atom. The van der Waals surface area contributed by atoms with Crippen molar-refractivity contribution in [2.75, 3.05) is 36.9 Å². The van der Waals surface area contributed by atoms with Crippen molar-refractivity contribution in [3.63, 3.8) is 0 Å². The number of likely N-dealkylation sites (N-methyl/N-ethyl adjacent to an activating group) is 1. The maximum Gasteiger partial charge on any atom is 0.352 e. The number of nitrogen functional groups attached to an aromatic ring is 1. The Hall–Kier alpha value is -4.29. The number of nitrogens with zero attached hydrogens (tertiary/aromatic N) is 5. The summed E-state index contributed by atoms with van der Waals surface area (Å²) in [5, 5.41) is 31.6. The van der Waals surface area contributed by atoms with Crippen LogP contribution >= 0.6 is 23.3 Å². The van der Waals surface area contributed by atoms with E-state index in [4.69, 9.17) is 10.6 Å². The molecule has 5 rings (SSSR count). The molecular formula is C25H30N9O7S2+. The lowest BCUT2D eigenvalue weighted by Crippen LogP contribution is -2.71. The number of β-lactam (4-membered cyclic amide) rings is 1. The first-order chi connectivity index (χ1) is 20.6. The van der Waals surface area contributed by atoms with Crippen LogP contribution in [0.25, 0.3) is 0 Å². The van der Waals surface area contributed by atoms with E-state index >= 15 is 0 Å². The van der Waals surface area contributed by atoms with Crippen molar-refractivity contribution in [2.24, 2.45) is 5.16 Å². The van der Waals surface area contributed by atoms with Gasteiger partial charge in [0, 0.05) is 66.6 Å². The predicted octanol–water partition coefficient (Wildman–Crippen LogP) is -0.794. The van der Waals surface area contributed by atoms with Crippen LogP contribution < -0.4 is 26.3 Å². The third kappa shape index (κ3) is 6.11. The summed E-state index contributed by atoms with van der Waals surface area (Å²) in [5.41, 5.74) is 5.01. The fourth-order valence-electron chi connectivity index (χ4n) is 4.74. The second-order valence-corrected chi connectivity index (χ2v) is 11.9. The Kier molecular flexibility index (Phi) is 8.79.